The number of para-hydroxylation sites is 1. The van der Waals surface area contributed by atoms with Crippen LogP contribution in [0.2, 0.25) is 0 Å². The molecule has 0 saturated heterocycles. The molecule has 0 bridgehead atoms. The lowest BCUT2D eigenvalue weighted by Gasteiger charge is -2.25. The Bertz CT molecular complexity index is 610. The molecule has 3 rings (SSSR count). The zero-order valence-electron chi connectivity index (χ0n) is 12.2. The van der Waals surface area contributed by atoms with Gasteiger partial charge in [-0.25, -0.2) is 4.68 Å². The van der Waals surface area contributed by atoms with Crippen molar-refractivity contribution in [2.75, 3.05) is 25.5 Å². The minimum Gasteiger partial charge on any atom is -0.496 e. The number of benzene rings is 1. The van der Waals surface area contributed by atoms with Crippen LogP contribution in [0.25, 0.3) is 0 Å². The van der Waals surface area contributed by atoms with Gasteiger partial charge in [-0.15, -0.1) is 0 Å². The first-order valence-corrected chi connectivity index (χ1v) is 7.35. The summed E-state index contributed by atoms with van der Waals surface area (Å²) in [5, 5.41) is 7.97. The van der Waals surface area contributed by atoms with Gasteiger partial charge in [0.1, 0.15) is 5.75 Å². The summed E-state index contributed by atoms with van der Waals surface area (Å²) in [5.41, 5.74) is 6.71. The van der Waals surface area contributed by atoms with Crippen molar-refractivity contribution in [2.24, 2.45) is 5.73 Å². The summed E-state index contributed by atoms with van der Waals surface area (Å²) < 4.78 is 7.47. The Labute approximate surface area is 124 Å². The second kappa shape index (κ2) is 6.13. The van der Waals surface area contributed by atoms with Gasteiger partial charge in [-0.05, 0) is 25.5 Å². The molecule has 1 aromatic heterocycles. The van der Waals surface area contributed by atoms with Crippen LogP contribution in [0.1, 0.15) is 30.3 Å². The molecule has 0 saturated carbocycles. The summed E-state index contributed by atoms with van der Waals surface area (Å²) in [7, 11) is 1.70. The normalized spacial score (nSPS) is 17.1. The molecule has 0 radical (unpaired) electrons. The van der Waals surface area contributed by atoms with Gasteiger partial charge in [0.05, 0.1) is 13.2 Å². The van der Waals surface area contributed by atoms with E-state index in [-0.39, 0.29) is 6.04 Å². The fraction of sp³-hybridized carbons (Fsp3) is 0.467. The maximum absolute atomic E-state index is 5.56. The molecule has 6 heteroatoms. The molecule has 0 spiro atoms. The van der Waals surface area contributed by atoms with E-state index in [2.05, 4.69) is 21.5 Å². The number of aryl methyl sites for hydroxylation is 1. The van der Waals surface area contributed by atoms with Gasteiger partial charge in [-0.3, -0.25) is 0 Å². The van der Waals surface area contributed by atoms with Crippen molar-refractivity contribution >= 4 is 5.95 Å². The van der Waals surface area contributed by atoms with Crippen molar-refractivity contribution < 1.29 is 4.74 Å². The Balaban J connectivity index is 1.94. The van der Waals surface area contributed by atoms with Gasteiger partial charge < -0.3 is 15.8 Å². The van der Waals surface area contributed by atoms with Gasteiger partial charge in [-0.1, -0.05) is 18.2 Å². The average molecular weight is 287 g/mol. The number of nitrogens with zero attached hydrogens (tertiary/aromatic N) is 3. The number of hydrogen-bond acceptors (Lipinski definition) is 5. The van der Waals surface area contributed by atoms with E-state index in [0.29, 0.717) is 6.54 Å². The van der Waals surface area contributed by atoms with E-state index in [1.54, 1.807) is 7.11 Å². The number of rotatable bonds is 5. The van der Waals surface area contributed by atoms with E-state index < -0.39 is 0 Å². The largest absolute Gasteiger partial charge is 0.496 e. The van der Waals surface area contributed by atoms with Gasteiger partial charge >= 0.3 is 0 Å². The Morgan fingerprint density at radius 3 is 3.10 bits per heavy atom. The predicted molar refractivity (Wildman–Crippen MR) is 81.6 cm³/mol. The fourth-order valence-corrected chi connectivity index (χ4v) is 2.74. The van der Waals surface area contributed by atoms with E-state index in [4.69, 9.17) is 10.5 Å². The van der Waals surface area contributed by atoms with E-state index in [9.17, 15) is 0 Å². The first-order valence-electron chi connectivity index (χ1n) is 7.35. The number of ether oxygens (including phenoxy) is 1. The minimum absolute atomic E-state index is 0.163. The number of nitrogens with two attached hydrogens (primary N) is 1. The van der Waals surface area contributed by atoms with Crippen LogP contribution in [0.15, 0.2) is 24.3 Å². The smallest absolute Gasteiger partial charge is 0.221 e. The molecular formula is C15H21N5O. The molecule has 112 valence electrons. The Morgan fingerprint density at radius 1 is 1.43 bits per heavy atom. The van der Waals surface area contributed by atoms with Crippen LogP contribution >= 0.6 is 0 Å². The number of nitrogens with one attached hydrogen (secondary N) is 1. The van der Waals surface area contributed by atoms with E-state index in [1.807, 2.05) is 22.9 Å². The molecule has 6 nitrogen and oxygen atoms in total. The lowest BCUT2D eigenvalue weighted by atomic mass is 10.0. The Kier molecular flexibility index (Phi) is 4.06. The highest BCUT2D eigenvalue weighted by atomic mass is 16.5. The summed E-state index contributed by atoms with van der Waals surface area (Å²) in [6, 6.07) is 8.27. The van der Waals surface area contributed by atoms with Crippen molar-refractivity contribution in [3.8, 4) is 5.75 Å². The molecule has 21 heavy (non-hydrogen) atoms. The van der Waals surface area contributed by atoms with Crippen molar-refractivity contribution in [1.82, 2.24) is 14.8 Å². The zero-order valence-corrected chi connectivity index (χ0v) is 12.2. The Hall–Kier alpha value is -2.08. The highest BCUT2D eigenvalue weighted by molar-refractivity contribution is 5.40. The summed E-state index contributed by atoms with van der Waals surface area (Å²) >= 11 is 0. The number of hydrogen-bond donors (Lipinski definition) is 2. The lowest BCUT2D eigenvalue weighted by Crippen LogP contribution is -2.25. The van der Waals surface area contributed by atoms with Crippen LogP contribution in [-0.4, -0.2) is 35.0 Å². The molecule has 0 aliphatic carbocycles. The minimum atomic E-state index is 0.163. The van der Waals surface area contributed by atoms with Gasteiger partial charge in [0.2, 0.25) is 5.95 Å². The average Bonchev–Trinajstić information content (AvgIpc) is 2.95. The van der Waals surface area contributed by atoms with Crippen molar-refractivity contribution in [2.45, 2.75) is 25.3 Å². The third-order valence-corrected chi connectivity index (χ3v) is 3.77. The van der Waals surface area contributed by atoms with Crippen LogP contribution < -0.4 is 15.8 Å². The molecule has 1 aromatic carbocycles. The SMILES string of the molecule is COc1ccccc1C1CCNc2nc(CCCN)nn21. The van der Waals surface area contributed by atoms with Crippen molar-refractivity contribution in [3.05, 3.63) is 35.7 Å². The number of aromatic nitrogens is 3. The molecule has 3 N–H and O–H groups in total. The first kappa shape index (κ1) is 13.9. The molecule has 0 fully saturated rings. The fourth-order valence-electron chi connectivity index (χ4n) is 2.74. The van der Waals surface area contributed by atoms with Gasteiger partial charge in [0, 0.05) is 18.5 Å². The molecule has 1 aliphatic heterocycles. The van der Waals surface area contributed by atoms with Crippen LogP contribution in [-0.2, 0) is 6.42 Å². The summed E-state index contributed by atoms with van der Waals surface area (Å²) in [6.45, 7) is 1.55. The van der Waals surface area contributed by atoms with Crippen molar-refractivity contribution in [1.29, 1.82) is 0 Å². The van der Waals surface area contributed by atoms with Gasteiger partial charge in [0.25, 0.3) is 0 Å². The molecule has 1 atom stereocenters. The van der Waals surface area contributed by atoms with E-state index >= 15 is 0 Å². The van der Waals surface area contributed by atoms with E-state index in [1.165, 1.54) is 0 Å². The van der Waals surface area contributed by atoms with Gasteiger partial charge in [-0.2, -0.15) is 10.1 Å². The second-order valence-corrected chi connectivity index (χ2v) is 5.16. The van der Waals surface area contributed by atoms with Crippen LogP contribution in [0.3, 0.4) is 0 Å². The molecule has 1 unspecified atom stereocenters. The van der Waals surface area contributed by atoms with Crippen LogP contribution in [0.4, 0.5) is 5.95 Å². The van der Waals surface area contributed by atoms with Crippen LogP contribution in [0.5, 0.6) is 5.75 Å². The summed E-state index contributed by atoms with van der Waals surface area (Å²) in [6.07, 6.45) is 2.69. The standard InChI is InChI=1S/C15H21N5O/c1-21-13-6-3-2-5-11(13)12-8-10-17-15-18-14(7-4-9-16)19-20(12)15/h2-3,5-6,12H,4,7-10,16H2,1H3,(H,17,18,19). The quantitative estimate of drug-likeness (QED) is 0.873. The zero-order chi connectivity index (χ0) is 14.7. The van der Waals surface area contributed by atoms with Crippen LogP contribution in [0, 0.1) is 0 Å². The molecule has 1 aliphatic rings. The monoisotopic (exact) mass is 287 g/mol. The number of anilines is 1. The maximum atomic E-state index is 5.56. The summed E-state index contributed by atoms with van der Waals surface area (Å²) in [4.78, 5) is 4.56. The van der Waals surface area contributed by atoms with Crippen molar-refractivity contribution in [3.63, 3.8) is 0 Å². The highest BCUT2D eigenvalue weighted by Crippen LogP contribution is 2.33. The third kappa shape index (κ3) is 2.71. The lowest BCUT2D eigenvalue weighted by molar-refractivity contribution is 0.391. The molecule has 2 aromatic rings. The third-order valence-electron chi connectivity index (χ3n) is 3.77. The first-order chi connectivity index (χ1) is 10.3. The van der Waals surface area contributed by atoms with E-state index in [0.717, 1.165) is 48.9 Å². The number of fused-ring (bicyclic) bond motifs is 1. The molecule has 0 amide bonds. The second-order valence-electron chi connectivity index (χ2n) is 5.16. The molecule has 2 heterocycles. The Morgan fingerprint density at radius 2 is 2.29 bits per heavy atom. The number of methoxy groups -OCH3 is 1. The summed E-state index contributed by atoms with van der Waals surface area (Å²) in [5.74, 6) is 2.59. The molecular weight excluding hydrogens is 266 g/mol. The topological polar surface area (TPSA) is 78.0 Å². The van der Waals surface area contributed by atoms with Gasteiger partial charge in [0.15, 0.2) is 5.82 Å². The highest BCUT2D eigenvalue weighted by Gasteiger charge is 2.26. The predicted octanol–water partition coefficient (Wildman–Crippen LogP) is 1.58. The maximum Gasteiger partial charge on any atom is 0.221 e.